The Morgan fingerprint density at radius 3 is 1.32 bits per heavy atom. The second-order valence-corrected chi connectivity index (χ2v) is 5.47. The average Bonchev–Trinajstić information content (AvgIpc) is 2.60. The minimum Gasteiger partial charge on any atom is -0.0616 e. The van der Waals surface area contributed by atoms with Crippen LogP contribution in [0, 0.1) is 0 Å². The Balaban J connectivity index is 1.83. The molecule has 0 radical (unpaired) electrons. The number of benzene rings is 4. The fourth-order valence-electron chi connectivity index (χ4n) is 2.97. The smallest absolute Gasteiger partial charge is 0.0111 e. The second-order valence-electron chi connectivity index (χ2n) is 5.47. The van der Waals surface area contributed by atoms with Crippen molar-refractivity contribution in [3.63, 3.8) is 0 Å². The molecule has 0 spiro atoms. The van der Waals surface area contributed by atoms with E-state index in [1.54, 1.807) is 0 Å². The molecule has 22 heavy (non-hydrogen) atoms. The van der Waals surface area contributed by atoms with Crippen molar-refractivity contribution in [3.05, 3.63) is 96.1 Å². The molecule has 0 aromatic heterocycles. The normalized spacial score (nSPS) is 11.5. The highest BCUT2D eigenvalue weighted by Crippen LogP contribution is 2.23. The van der Waals surface area contributed by atoms with E-state index in [1.165, 1.54) is 32.7 Å². The molecule has 0 unspecified atom stereocenters. The molecule has 0 amide bonds. The maximum atomic E-state index is 2.21. The van der Waals surface area contributed by atoms with Gasteiger partial charge in [0.1, 0.15) is 0 Å². The van der Waals surface area contributed by atoms with Gasteiger partial charge in [0.15, 0.2) is 0 Å². The van der Waals surface area contributed by atoms with Crippen molar-refractivity contribution in [3.8, 4) is 0 Å². The van der Waals surface area contributed by atoms with Crippen LogP contribution in [0.15, 0.2) is 84.9 Å². The lowest BCUT2D eigenvalue weighted by molar-refractivity contribution is 1.70. The van der Waals surface area contributed by atoms with E-state index < -0.39 is 0 Å². The van der Waals surface area contributed by atoms with Gasteiger partial charge in [-0.1, -0.05) is 97.1 Å². The first-order valence-electron chi connectivity index (χ1n) is 7.55. The molecule has 0 fully saturated rings. The van der Waals surface area contributed by atoms with Crippen molar-refractivity contribution in [1.29, 1.82) is 0 Å². The summed E-state index contributed by atoms with van der Waals surface area (Å²) in [5, 5.41) is 5.15. The Morgan fingerprint density at radius 1 is 0.409 bits per heavy atom. The predicted octanol–water partition coefficient (Wildman–Crippen LogP) is 6.16. The molecule has 0 aliphatic carbocycles. The molecule has 0 aliphatic heterocycles. The highest BCUT2D eigenvalue weighted by Gasteiger charge is 1.99. The maximum absolute atomic E-state index is 2.21. The van der Waals surface area contributed by atoms with Crippen molar-refractivity contribution in [2.45, 2.75) is 0 Å². The third-order valence-electron chi connectivity index (χ3n) is 4.09. The Hall–Kier alpha value is -2.86. The monoisotopic (exact) mass is 280 g/mol. The van der Waals surface area contributed by atoms with Crippen LogP contribution in [0.4, 0.5) is 0 Å². The molecule has 0 aliphatic rings. The Morgan fingerprint density at radius 2 is 0.818 bits per heavy atom. The van der Waals surface area contributed by atoms with E-state index in [2.05, 4.69) is 97.1 Å². The van der Waals surface area contributed by atoms with Gasteiger partial charge in [-0.25, -0.2) is 0 Å². The van der Waals surface area contributed by atoms with Gasteiger partial charge in [-0.05, 0) is 32.7 Å². The van der Waals surface area contributed by atoms with Crippen molar-refractivity contribution >= 4 is 33.7 Å². The first-order chi connectivity index (χ1) is 10.9. The fraction of sp³-hybridized carbons (Fsp3) is 0. The molecule has 0 heteroatoms. The zero-order valence-corrected chi connectivity index (χ0v) is 12.2. The van der Waals surface area contributed by atoms with E-state index >= 15 is 0 Å². The Kier molecular flexibility index (Phi) is 3.21. The van der Waals surface area contributed by atoms with Crippen LogP contribution in [0.25, 0.3) is 33.7 Å². The summed E-state index contributed by atoms with van der Waals surface area (Å²) in [6.45, 7) is 0. The van der Waals surface area contributed by atoms with Gasteiger partial charge in [0, 0.05) is 0 Å². The van der Waals surface area contributed by atoms with Crippen LogP contribution in [-0.4, -0.2) is 0 Å². The Bertz CT molecular complexity index is 885. The summed E-state index contributed by atoms with van der Waals surface area (Å²) in [4.78, 5) is 0. The van der Waals surface area contributed by atoms with E-state index in [9.17, 15) is 0 Å². The second kappa shape index (κ2) is 5.50. The van der Waals surface area contributed by atoms with Crippen molar-refractivity contribution in [2.75, 3.05) is 0 Å². The topological polar surface area (TPSA) is 0 Å². The van der Waals surface area contributed by atoms with E-state index in [0.717, 1.165) is 0 Å². The zero-order valence-electron chi connectivity index (χ0n) is 12.2. The van der Waals surface area contributed by atoms with Crippen molar-refractivity contribution in [1.82, 2.24) is 0 Å². The summed E-state index contributed by atoms with van der Waals surface area (Å²) < 4.78 is 0. The fourth-order valence-corrected chi connectivity index (χ4v) is 2.97. The van der Waals surface area contributed by atoms with E-state index in [4.69, 9.17) is 0 Å². The molecule has 0 atom stereocenters. The predicted molar refractivity (Wildman–Crippen MR) is 96.8 cm³/mol. The molecule has 0 bridgehead atoms. The van der Waals surface area contributed by atoms with Crippen LogP contribution >= 0.6 is 0 Å². The molecule has 104 valence electrons. The lowest BCUT2D eigenvalue weighted by atomic mass is 10.0. The van der Waals surface area contributed by atoms with E-state index in [-0.39, 0.29) is 0 Å². The molecule has 0 nitrogen and oxygen atoms in total. The van der Waals surface area contributed by atoms with Gasteiger partial charge in [0.2, 0.25) is 0 Å². The summed E-state index contributed by atoms with van der Waals surface area (Å²) in [5.41, 5.74) is 2.51. The van der Waals surface area contributed by atoms with Gasteiger partial charge in [0.05, 0.1) is 0 Å². The lowest BCUT2D eigenvalue weighted by Crippen LogP contribution is -1.79. The molecule has 0 saturated heterocycles. The molecule has 0 heterocycles. The molecular formula is C22H16. The average molecular weight is 280 g/mol. The molecular weight excluding hydrogens is 264 g/mol. The third kappa shape index (κ3) is 2.29. The van der Waals surface area contributed by atoms with Crippen LogP contribution < -0.4 is 0 Å². The van der Waals surface area contributed by atoms with Crippen LogP contribution in [0.1, 0.15) is 11.1 Å². The minimum atomic E-state index is 1.26. The molecule has 4 rings (SSSR count). The number of fused-ring (bicyclic) bond motifs is 2. The highest BCUT2D eigenvalue weighted by atomic mass is 14.0. The van der Waals surface area contributed by atoms with Gasteiger partial charge < -0.3 is 0 Å². The molecule has 4 aromatic carbocycles. The number of rotatable bonds is 2. The van der Waals surface area contributed by atoms with Crippen LogP contribution in [-0.2, 0) is 0 Å². The van der Waals surface area contributed by atoms with Gasteiger partial charge in [-0.3, -0.25) is 0 Å². The minimum absolute atomic E-state index is 1.26. The first-order valence-corrected chi connectivity index (χ1v) is 7.55. The number of hydrogen-bond acceptors (Lipinski definition) is 0. The van der Waals surface area contributed by atoms with Crippen LogP contribution in [0.3, 0.4) is 0 Å². The van der Waals surface area contributed by atoms with Gasteiger partial charge in [-0.2, -0.15) is 0 Å². The molecule has 0 N–H and O–H groups in total. The summed E-state index contributed by atoms with van der Waals surface area (Å²) in [6.07, 6.45) is 4.42. The van der Waals surface area contributed by atoms with Crippen LogP contribution in [0.2, 0.25) is 0 Å². The summed E-state index contributed by atoms with van der Waals surface area (Å²) in [7, 11) is 0. The SMILES string of the molecule is C(=Cc1cccc2ccccc12)c1cccc2ccccc12. The summed E-state index contributed by atoms with van der Waals surface area (Å²) in [5.74, 6) is 0. The van der Waals surface area contributed by atoms with Gasteiger partial charge >= 0.3 is 0 Å². The zero-order chi connectivity index (χ0) is 14.8. The summed E-state index contributed by atoms with van der Waals surface area (Å²) >= 11 is 0. The quantitative estimate of drug-likeness (QED) is 0.385. The molecule has 0 saturated carbocycles. The largest absolute Gasteiger partial charge is 0.0616 e. The van der Waals surface area contributed by atoms with E-state index in [1.807, 2.05) is 0 Å². The standard InChI is InChI=1S/C22H16/c1-3-13-21-17(7-1)9-5-11-19(21)15-16-20-12-6-10-18-8-2-4-14-22(18)20/h1-16H. The number of hydrogen-bond donors (Lipinski definition) is 0. The maximum Gasteiger partial charge on any atom is -0.0111 e. The van der Waals surface area contributed by atoms with Gasteiger partial charge in [-0.15, -0.1) is 0 Å². The molecule has 4 aromatic rings. The first kappa shape index (κ1) is 12.8. The van der Waals surface area contributed by atoms with Crippen LogP contribution in [0.5, 0.6) is 0 Å². The van der Waals surface area contributed by atoms with Crippen molar-refractivity contribution < 1.29 is 0 Å². The summed E-state index contributed by atoms with van der Waals surface area (Å²) in [6, 6.07) is 29.9. The lowest BCUT2D eigenvalue weighted by Gasteiger charge is -2.04. The highest BCUT2D eigenvalue weighted by molar-refractivity contribution is 5.96. The van der Waals surface area contributed by atoms with E-state index in [0.29, 0.717) is 0 Å². The van der Waals surface area contributed by atoms with Crippen molar-refractivity contribution in [2.24, 2.45) is 0 Å². The van der Waals surface area contributed by atoms with Gasteiger partial charge in [0.25, 0.3) is 0 Å². The Labute approximate surface area is 130 Å². The third-order valence-corrected chi connectivity index (χ3v) is 4.09.